The predicted molar refractivity (Wildman–Crippen MR) is 151 cm³/mol. The van der Waals surface area contributed by atoms with E-state index in [1.807, 2.05) is 24.3 Å². The van der Waals surface area contributed by atoms with Gasteiger partial charge in [-0.2, -0.15) is 0 Å². The smallest absolute Gasteiger partial charge is 0.267 e. The van der Waals surface area contributed by atoms with E-state index in [0.717, 1.165) is 53.6 Å². The highest BCUT2D eigenvalue weighted by atomic mass is 35.5. The fraction of sp³-hybridized carbons (Fsp3) is 0.321. The van der Waals surface area contributed by atoms with Crippen LogP contribution in [0.3, 0.4) is 0 Å². The lowest BCUT2D eigenvalue weighted by molar-refractivity contribution is -0.113. The van der Waals surface area contributed by atoms with Crippen molar-refractivity contribution in [3.8, 4) is 5.69 Å². The van der Waals surface area contributed by atoms with Crippen LogP contribution in [0, 0.1) is 0 Å². The van der Waals surface area contributed by atoms with Crippen LogP contribution >= 0.6 is 34.7 Å². The van der Waals surface area contributed by atoms with Gasteiger partial charge in [-0.15, -0.1) is 11.3 Å². The third kappa shape index (κ3) is 5.10. The molecule has 0 aliphatic heterocycles. The number of halogens is 1. The number of carbonyl (C=O) groups is 1. The fourth-order valence-electron chi connectivity index (χ4n) is 4.56. The zero-order chi connectivity index (χ0) is 25.2. The molecular formula is C28H28ClN3O2S2. The Kier molecular flexibility index (Phi) is 7.51. The topological polar surface area (TPSA) is 64.0 Å². The van der Waals surface area contributed by atoms with Crippen LogP contribution in [0.4, 0.5) is 5.69 Å². The highest BCUT2D eigenvalue weighted by Gasteiger charge is 2.23. The largest absolute Gasteiger partial charge is 0.325 e. The summed E-state index contributed by atoms with van der Waals surface area (Å²) in [5.74, 6) is 0.488. The molecule has 2 heterocycles. The zero-order valence-corrected chi connectivity index (χ0v) is 22.7. The first-order chi connectivity index (χ1) is 17.4. The number of carbonyl (C=O) groups excluding carboxylic acids is 1. The minimum atomic E-state index is -0.140. The maximum absolute atomic E-state index is 13.8. The molecule has 0 fully saturated rings. The number of hydrogen-bond acceptors (Lipinski definition) is 5. The van der Waals surface area contributed by atoms with Crippen LogP contribution in [-0.4, -0.2) is 21.2 Å². The van der Waals surface area contributed by atoms with Gasteiger partial charge in [0.05, 0.1) is 16.8 Å². The van der Waals surface area contributed by atoms with Crippen molar-refractivity contribution in [3.63, 3.8) is 0 Å². The van der Waals surface area contributed by atoms with E-state index in [1.54, 1.807) is 28.0 Å². The summed E-state index contributed by atoms with van der Waals surface area (Å²) in [6, 6.07) is 15.2. The van der Waals surface area contributed by atoms with E-state index in [-0.39, 0.29) is 17.2 Å². The van der Waals surface area contributed by atoms with Crippen LogP contribution < -0.4 is 10.9 Å². The van der Waals surface area contributed by atoms with E-state index in [0.29, 0.717) is 21.8 Å². The number of benzene rings is 2. The highest BCUT2D eigenvalue weighted by molar-refractivity contribution is 7.99. The van der Waals surface area contributed by atoms with E-state index in [1.165, 1.54) is 22.2 Å². The molecule has 1 amide bonds. The average molecular weight is 538 g/mol. The SMILES string of the molecule is CCC(C)c1ccc(NC(=O)CSc2nc3sc4c(c3c(=O)n2-c2ccc(Cl)cc2)CCCC4)cc1. The molecule has 0 spiro atoms. The van der Waals surface area contributed by atoms with Gasteiger partial charge < -0.3 is 5.32 Å². The van der Waals surface area contributed by atoms with E-state index in [2.05, 4.69) is 31.3 Å². The summed E-state index contributed by atoms with van der Waals surface area (Å²) in [5.41, 5.74) is 3.78. The van der Waals surface area contributed by atoms with Gasteiger partial charge in [0.1, 0.15) is 4.83 Å². The van der Waals surface area contributed by atoms with Gasteiger partial charge in [0.25, 0.3) is 5.56 Å². The van der Waals surface area contributed by atoms with Gasteiger partial charge in [0.2, 0.25) is 5.91 Å². The second-order valence-corrected chi connectivity index (χ2v) is 11.6. The maximum atomic E-state index is 13.8. The molecule has 1 aliphatic carbocycles. The van der Waals surface area contributed by atoms with Crippen LogP contribution in [0.5, 0.6) is 0 Å². The van der Waals surface area contributed by atoms with Crippen LogP contribution in [-0.2, 0) is 17.6 Å². The van der Waals surface area contributed by atoms with Crippen molar-refractivity contribution in [1.29, 1.82) is 0 Å². The Morgan fingerprint density at radius 2 is 1.86 bits per heavy atom. The van der Waals surface area contributed by atoms with E-state index < -0.39 is 0 Å². The van der Waals surface area contributed by atoms with Crippen LogP contribution in [0.2, 0.25) is 5.02 Å². The molecule has 186 valence electrons. The number of nitrogens with one attached hydrogen (secondary N) is 1. The second kappa shape index (κ2) is 10.8. The zero-order valence-electron chi connectivity index (χ0n) is 20.3. The maximum Gasteiger partial charge on any atom is 0.267 e. The lowest BCUT2D eigenvalue weighted by atomic mass is 9.97. The first-order valence-corrected chi connectivity index (χ1v) is 14.5. The van der Waals surface area contributed by atoms with Crippen molar-refractivity contribution in [2.75, 3.05) is 11.1 Å². The van der Waals surface area contributed by atoms with E-state index >= 15 is 0 Å². The van der Waals surface area contributed by atoms with Gasteiger partial charge >= 0.3 is 0 Å². The fourth-order valence-corrected chi connectivity index (χ4v) is 6.80. The van der Waals surface area contributed by atoms with E-state index in [4.69, 9.17) is 16.6 Å². The number of aromatic nitrogens is 2. The van der Waals surface area contributed by atoms with Crippen molar-refractivity contribution in [2.45, 2.75) is 57.0 Å². The number of thioether (sulfide) groups is 1. The molecule has 1 atom stereocenters. The molecule has 5 rings (SSSR count). The minimum absolute atomic E-state index is 0.0785. The van der Waals surface area contributed by atoms with Crippen LogP contribution in [0.25, 0.3) is 15.9 Å². The quantitative estimate of drug-likeness (QED) is 0.199. The monoisotopic (exact) mass is 537 g/mol. The van der Waals surface area contributed by atoms with Gasteiger partial charge in [-0.05, 0) is 85.5 Å². The third-order valence-electron chi connectivity index (χ3n) is 6.75. The Balaban J connectivity index is 1.44. The van der Waals surface area contributed by atoms with Gasteiger partial charge in [-0.25, -0.2) is 4.98 Å². The molecule has 0 saturated heterocycles. The molecule has 0 saturated carbocycles. The number of rotatable bonds is 7. The second-order valence-electron chi connectivity index (χ2n) is 9.17. The molecular weight excluding hydrogens is 510 g/mol. The Bertz CT molecular complexity index is 1460. The number of thiophene rings is 1. The lowest BCUT2D eigenvalue weighted by Crippen LogP contribution is -2.23. The number of anilines is 1. The van der Waals surface area contributed by atoms with Gasteiger partial charge in [-0.3, -0.25) is 14.2 Å². The van der Waals surface area contributed by atoms with Crippen molar-refractivity contribution in [1.82, 2.24) is 9.55 Å². The molecule has 0 radical (unpaired) electrons. The Hall–Kier alpha value is -2.61. The summed E-state index contributed by atoms with van der Waals surface area (Å²) in [7, 11) is 0. The average Bonchev–Trinajstić information content (AvgIpc) is 3.27. The third-order valence-corrected chi connectivity index (χ3v) is 9.13. The molecule has 8 heteroatoms. The molecule has 4 aromatic rings. The number of fused-ring (bicyclic) bond motifs is 3. The van der Waals surface area contributed by atoms with Crippen LogP contribution in [0.15, 0.2) is 58.5 Å². The Labute approximate surface area is 223 Å². The number of amides is 1. The van der Waals surface area contributed by atoms with Gasteiger partial charge in [-0.1, -0.05) is 49.3 Å². The lowest BCUT2D eigenvalue weighted by Gasteiger charge is -2.14. The normalized spacial score (nSPS) is 14.0. The Morgan fingerprint density at radius 3 is 2.58 bits per heavy atom. The molecule has 0 bridgehead atoms. The molecule has 5 nitrogen and oxygen atoms in total. The summed E-state index contributed by atoms with van der Waals surface area (Å²) in [6.45, 7) is 4.36. The summed E-state index contributed by atoms with van der Waals surface area (Å²) in [6.07, 6.45) is 5.22. The summed E-state index contributed by atoms with van der Waals surface area (Å²) < 4.78 is 1.62. The highest BCUT2D eigenvalue weighted by Crippen LogP contribution is 2.35. The number of nitrogens with zero attached hydrogens (tertiary/aromatic N) is 2. The standard InChI is InChI=1S/C28H28ClN3O2S2/c1-3-17(2)18-8-12-20(13-9-18)30-24(33)16-35-28-31-26-25(22-6-4-5-7-23(22)36-26)27(34)32(28)21-14-10-19(29)11-15-21/h8-15,17H,3-7,16H2,1-2H3,(H,30,33). The summed E-state index contributed by atoms with van der Waals surface area (Å²) >= 11 is 9.00. The summed E-state index contributed by atoms with van der Waals surface area (Å²) in [5, 5.41) is 4.80. The molecule has 1 aliphatic rings. The van der Waals surface area contributed by atoms with Crippen molar-refractivity contribution >= 4 is 56.5 Å². The predicted octanol–water partition coefficient (Wildman–Crippen LogP) is 7.22. The van der Waals surface area contributed by atoms with Crippen LogP contribution in [0.1, 0.15) is 55.0 Å². The van der Waals surface area contributed by atoms with Gasteiger partial charge in [0, 0.05) is 15.6 Å². The molecule has 1 N–H and O–H groups in total. The van der Waals surface area contributed by atoms with Crippen molar-refractivity contribution in [2.24, 2.45) is 0 Å². The number of aryl methyl sites for hydroxylation is 2. The molecule has 36 heavy (non-hydrogen) atoms. The van der Waals surface area contributed by atoms with E-state index in [9.17, 15) is 9.59 Å². The Morgan fingerprint density at radius 1 is 1.14 bits per heavy atom. The first kappa shape index (κ1) is 25.1. The van der Waals surface area contributed by atoms with Crippen molar-refractivity contribution < 1.29 is 4.79 Å². The van der Waals surface area contributed by atoms with Gasteiger partial charge in [0.15, 0.2) is 5.16 Å². The number of hydrogen-bond donors (Lipinski definition) is 1. The molecule has 2 aromatic carbocycles. The minimum Gasteiger partial charge on any atom is -0.325 e. The first-order valence-electron chi connectivity index (χ1n) is 12.3. The van der Waals surface area contributed by atoms with Crippen molar-refractivity contribution in [3.05, 3.63) is 79.9 Å². The molecule has 1 unspecified atom stereocenters. The molecule has 2 aromatic heterocycles. The summed E-state index contributed by atoms with van der Waals surface area (Å²) in [4.78, 5) is 33.5.